The van der Waals surface area contributed by atoms with Crippen LogP contribution >= 0.6 is 0 Å². The van der Waals surface area contributed by atoms with Gasteiger partial charge < -0.3 is 24.4 Å². The molecule has 0 saturated carbocycles. The molecule has 2 aromatic rings. The number of nitrogens with one attached hydrogen (secondary N) is 1. The van der Waals surface area contributed by atoms with Crippen LogP contribution in [0.25, 0.3) is 0 Å². The summed E-state index contributed by atoms with van der Waals surface area (Å²) in [5, 5.41) is 2.68. The van der Waals surface area contributed by atoms with Crippen LogP contribution < -0.4 is 19.5 Å². The first-order valence-corrected chi connectivity index (χ1v) is 8.88. The standard InChI is InChI=1S/C21H26N2O5/c1-15(24)22-17-6-8-18(9-7-17)28-14-21(25)23(2)12-11-16-5-10-19(26-3)20(13-16)27-4/h5-10,13H,11-12,14H2,1-4H3,(H,22,24). The Balaban J connectivity index is 1.82. The molecule has 0 aliphatic carbocycles. The molecule has 0 heterocycles. The molecule has 0 aliphatic rings. The Bertz CT molecular complexity index is 805. The van der Waals surface area contributed by atoms with E-state index >= 15 is 0 Å². The number of nitrogens with zero attached hydrogens (tertiary/aromatic N) is 1. The monoisotopic (exact) mass is 386 g/mol. The third-order valence-corrected chi connectivity index (χ3v) is 4.15. The fraction of sp³-hybridized carbons (Fsp3) is 0.333. The predicted octanol–water partition coefficient (Wildman–Crippen LogP) is 2.74. The zero-order valence-corrected chi connectivity index (χ0v) is 16.7. The van der Waals surface area contributed by atoms with E-state index in [4.69, 9.17) is 14.2 Å². The SMILES string of the molecule is COc1ccc(CCN(C)C(=O)COc2ccc(NC(C)=O)cc2)cc1OC. The van der Waals surface area contributed by atoms with E-state index in [1.807, 2.05) is 18.2 Å². The zero-order chi connectivity index (χ0) is 20.5. The summed E-state index contributed by atoms with van der Waals surface area (Å²) in [5.41, 5.74) is 1.73. The van der Waals surface area contributed by atoms with E-state index in [1.54, 1.807) is 50.4 Å². The molecule has 0 radical (unpaired) electrons. The van der Waals surface area contributed by atoms with Crippen molar-refractivity contribution in [2.45, 2.75) is 13.3 Å². The second-order valence-corrected chi connectivity index (χ2v) is 6.25. The van der Waals surface area contributed by atoms with Crippen LogP contribution in [0.3, 0.4) is 0 Å². The molecule has 0 fully saturated rings. The molecule has 0 aromatic heterocycles. The number of amides is 2. The lowest BCUT2D eigenvalue weighted by Crippen LogP contribution is -2.33. The summed E-state index contributed by atoms with van der Waals surface area (Å²) in [5.74, 6) is 1.65. The van der Waals surface area contributed by atoms with E-state index in [0.717, 1.165) is 5.56 Å². The second-order valence-electron chi connectivity index (χ2n) is 6.25. The number of hydrogen-bond acceptors (Lipinski definition) is 5. The molecule has 0 spiro atoms. The quantitative estimate of drug-likeness (QED) is 0.717. The zero-order valence-electron chi connectivity index (χ0n) is 16.7. The summed E-state index contributed by atoms with van der Waals surface area (Å²) in [6, 6.07) is 12.6. The number of likely N-dealkylation sites (N-methyl/N-ethyl adjacent to an activating group) is 1. The molecule has 1 N–H and O–H groups in total. The summed E-state index contributed by atoms with van der Waals surface area (Å²) in [4.78, 5) is 24.9. The Labute approximate surface area is 165 Å². The molecular formula is C21H26N2O5. The summed E-state index contributed by atoms with van der Waals surface area (Å²) >= 11 is 0. The van der Waals surface area contributed by atoms with Gasteiger partial charge in [-0.05, 0) is 48.4 Å². The highest BCUT2D eigenvalue weighted by Gasteiger charge is 2.11. The van der Waals surface area contributed by atoms with Gasteiger partial charge in [0.1, 0.15) is 5.75 Å². The third kappa shape index (κ3) is 6.19. The highest BCUT2D eigenvalue weighted by Crippen LogP contribution is 2.27. The Morgan fingerprint density at radius 3 is 2.29 bits per heavy atom. The van der Waals surface area contributed by atoms with Crippen molar-refractivity contribution in [1.82, 2.24) is 4.90 Å². The van der Waals surface area contributed by atoms with Gasteiger partial charge in [0.25, 0.3) is 5.91 Å². The number of anilines is 1. The predicted molar refractivity (Wildman–Crippen MR) is 107 cm³/mol. The number of benzene rings is 2. The van der Waals surface area contributed by atoms with Crippen LogP contribution in [0.2, 0.25) is 0 Å². The molecule has 2 amide bonds. The highest BCUT2D eigenvalue weighted by atomic mass is 16.5. The molecule has 0 saturated heterocycles. The summed E-state index contributed by atoms with van der Waals surface area (Å²) in [6.45, 7) is 1.95. The number of rotatable bonds is 9. The molecule has 7 nitrogen and oxygen atoms in total. The van der Waals surface area contributed by atoms with Gasteiger partial charge in [-0.1, -0.05) is 6.07 Å². The molecule has 0 bridgehead atoms. The Hall–Kier alpha value is -3.22. The van der Waals surface area contributed by atoms with Crippen LogP contribution in [0.5, 0.6) is 17.2 Å². The van der Waals surface area contributed by atoms with Crippen molar-refractivity contribution in [2.75, 3.05) is 39.7 Å². The van der Waals surface area contributed by atoms with E-state index in [0.29, 0.717) is 35.9 Å². The molecule has 0 unspecified atom stereocenters. The number of hydrogen-bond donors (Lipinski definition) is 1. The maximum absolute atomic E-state index is 12.3. The van der Waals surface area contributed by atoms with Gasteiger partial charge in [0, 0.05) is 26.2 Å². The van der Waals surface area contributed by atoms with E-state index in [9.17, 15) is 9.59 Å². The summed E-state index contributed by atoms with van der Waals surface area (Å²) < 4.78 is 16.1. The van der Waals surface area contributed by atoms with Gasteiger partial charge in [0.05, 0.1) is 14.2 Å². The molecule has 2 aromatic carbocycles. The van der Waals surface area contributed by atoms with Crippen molar-refractivity contribution in [3.8, 4) is 17.2 Å². The average molecular weight is 386 g/mol. The van der Waals surface area contributed by atoms with Crippen molar-refractivity contribution in [2.24, 2.45) is 0 Å². The molecule has 0 aliphatic heterocycles. The van der Waals surface area contributed by atoms with Crippen molar-refractivity contribution < 1.29 is 23.8 Å². The molecule has 0 atom stereocenters. The number of carbonyl (C=O) groups excluding carboxylic acids is 2. The first-order chi connectivity index (χ1) is 13.4. The average Bonchev–Trinajstić information content (AvgIpc) is 2.70. The molecule has 7 heteroatoms. The van der Waals surface area contributed by atoms with Crippen molar-refractivity contribution in [1.29, 1.82) is 0 Å². The first-order valence-electron chi connectivity index (χ1n) is 8.88. The van der Waals surface area contributed by atoms with Crippen molar-refractivity contribution in [3.05, 3.63) is 48.0 Å². The molecular weight excluding hydrogens is 360 g/mol. The van der Waals surface area contributed by atoms with Gasteiger partial charge >= 0.3 is 0 Å². The summed E-state index contributed by atoms with van der Waals surface area (Å²) in [6.07, 6.45) is 0.688. The summed E-state index contributed by atoms with van der Waals surface area (Å²) in [7, 11) is 4.93. The lowest BCUT2D eigenvalue weighted by Gasteiger charge is -2.18. The van der Waals surface area contributed by atoms with Crippen LogP contribution in [-0.4, -0.2) is 51.1 Å². The third-order valence-electron chi connectivity index (χ3n) is 4.15. The van der Waals surface area contributed by atoms with E-state index in [-0.39, 0.29) is 18.4 Å². The minimum Gasteiger partial charge on any atom is -0.493 e. The molecule has 28 heavy (non-hydrogen) atoms. The lowest BCUT2D eigenvalue weighted by atomic mass is 10.1. The number of ether oxygens (including phenoxy) is 3. The maximum atomic E-state index is 12.3. The van der Waals surface area contributed by atoms with Crippen LogP contribution in [0.1, 0.15) is 12.5 Å². The fourth-order valence-corrected chi connectivity index (χ4v) is 2.55. The Morgan fingerprint density at radius 1 is 1.00 bits per heavy atom. The van der Waals surface area contributed by atoms with Gasteiger partial charge in [0.15, 0.2) is 18.1 Å². The minimum absolute atomic E-state index is 0.0537. The largest absolute Gasteiger partial charge is 0.493 e. The number of methoxy groups -OCH3 is 2. The normalized spacial score (nSPS) is 10.1. The van der Waals surface area contributed by atoms with Gasteiger partial charge in [-0.15, -0.1) is 0 Å². The first kappa shape index (κ1) is 21.1. The fourth-order valence-electron chi connectivity index (χ4n) is 2.55. The van der Waals surface area contributed by atoms with Gasteiger partial charge in [-0.2, -0.15) is 0 Å². The van der Waals surface area contributed by atoms with Crippen LogP contribution in [0.15, 0.2) is 42.5 Å². The van der Waals surface area contributed by atoms with Crippen LogP contribution in [-0.2, 0) is 16.0 Å². The molecule has 2 rings (SSSR count). The maximum Gasteiger partial charge on any atom is 0.260 e. The smallest absolute Gasteiger partial charge is 0.260 e. The minimum atomic E-state index is -0.139. The van der Waals surface area contributed by atoms with Gasteiger partial charge in [-0.25, -0.2) is 0 Å². The second kappa shape index (κ2) is 10.2. The van der Waals surface area contributed by atoms with Gasteiger partial charge in [0.2, 0.25) is 5.91 Å². The van der Waals surface area contributed by atoms with Crippen LogP contribution in [0, 0.1) is 0 Å². The van der Waals surface area contributed by atoms with Crippen molar-refractivity contribution >= 4 is 17.5 Å². The topological polar surface area (TPSA) is 77.1 Å². The van der Waals surface area contributed by atoms with Gasteiger partial charge in [-0.3, -0.25) is 9.59 Å². The Morgan fingerprint density at radius 2 is 1.68 bits per heavy atom. The van der Waals surface area contributed by atoms with Crippen LogP contribution in [0.4, 0.5) is 5.69 Å². The number of carbonyl (C=O) groups is 2. The Kier molecular flexibility index (Phi) is 7.68. The van der Waals surface area contributed by atoms with E-state index in [2.05, 4.69) is 5.32 Å². The van der Waals surface area contributed by atoms with Crippen molar-refractivity contribution in [3.63, 3.8) is 0 Å². The lowest BCUT2D eigenvalue weighted by molar-refractivity contribution is -0.132. The molecule has 150 valence electrons. The highest BCUT2D eigenvalue weighted by molar-refractivity contribution is 5.88. The van der Waals surface area contributed by atoms with E-state index in [1.165, 1.54) is 6.92 Å². The van der Waals surface area contributed by atoms with E-state index < -0.39 is 0 Å².